The Morgan fingerprint density at radius 1 is 1.39 bits per heavy atom. The van der Waals surface area contributed by atoms with Crippen LogP contribution in [-0.4, -0.2) is 63.1 Å². The Morgan fingerprint density at radius 2 is 1.94 bits per heavy atom. The van der Waals surface area contributed by atoms with Crippen LogP contribution in [0.25, 0.3) is 0 Å². The molecule has 0 spiro atoms. The zero-order valence-corrected chi connectivity index (χ0v) is 11.1. The second kappa shape index (κ2) is 5.94. The van der Waals surface area contributed by atoms with Crippen molar-refractivity contribution in [1.82, 2.24) is 0 Å². The van der Waals surface area contributed by atoms with E-state index in [-0.39, 0.29) is 0 Å². The van der Waals surface area contributed by atoms with Crippen molar-refractivity contribution < 1.29 is 34.0 Å². The van der Waals surface area contributed by atoms with Crippen LogP contribution in [0.5, 0.6) is 0 Å². The van der Waals surface area contributed by atoms with Gasteiger partial charge in [0.15, 0.2) is 6.29 Å². The summed E-state index contributed by atoms with van der Waals surface area (Å²) in [5, 5.41) is 28.1. The lowest BCUT2D eigenvalue weighted by Crippen LogP contribution is -2.62. The van der Waals surface area contributed by atoms with Crippen molar-refractivity contribution in [2.75, 3.05) is 6.61 Å². The summed E-state index contributed by atoms with van der Waals surface area (Å²) in [4.78, 5) is 9.56. The maximum atomic E-state index is 11.7. The van der Waals surface area contributed by atoms with Crippen LogP contribution in [0.15, 0.2) is 0 Å². The van der Waals surface area contributed by atoms with Crippen molar-refractivity contribution in [1.29, 1.82) is 0 Å². The van der Waals surface area contributed by atoms with E-state index in [1.807, 2.05) is 0 Å². The lowest BCUT2D eigenvalue weighted by molar-refractivity contribution is -0.241. The summed E-state index contributed by atoms with van der Waals surface area (Å²) in [6.07, 6.45) is -5.26. The standard InChI is InChI=1S/C9H20NO7P/c1-4(2)18(14,15)17-9-6(10)8(13)7(12)5(3-11)16-9/h4-9,11-13H,3,10H2,1-2H3,(H,14,15)/t5?,6?,7-,8+,9+/m0/s1. The minimum atomic E-state index is -3.93. The number of ether oxygens (including phenoxy) is 1. The molecule has 0 amide bonds. The first-order valence-corrected chi connectivity index (χ1v) is 7.24. The lowest BCUT2D eigenvalue weighted by Gasteiger charge is -2.40. The molecule has 1 rings (SSSR count). The molecule has 0 aromatic heterocycles. The zero-order valence-electron chi connectivity index (χ0n) is 10.2. The molecule has 108 valence electrons. The second-order valence-corrected chi connectivity index (χ2v) is 6.92. The van der Waals surface area contributed by atoms with Crippen LogP contribution in [0, 0.1) is 0 Å². The van der Waals surface area contributed by atoms with Crippen LogP contribution < -0.4 is 5.73 Å². The third-order valence-electron chi connectivity index (χ3n) is 2.84. The van der Waals surface area contributed by atoms with Crippen LogP contribution in [0.2, 0.25) is 0 Å². The number of nitrogens with two attached hydrogens (primary N) is 1. The minimum Gasteiger partial charge on any atom is -0.394 e. The van der Waals surface area contributed by atoms with Crippen molar-refractivity contribution >= 4 is 7.60 Å². The molecule has 9 heteroatoms. The monoisotopic (exact) mass is 285 g/mol. The van der Waals surface area contributed by atoms with E-state index in [9.17, 15) is 19.7 Å². The first kappa shape index (κ1) is 16.0. The van der Waals surface area contributed by atoms with E-state index in [4.69, 9.17) is 20.1 Å². The zero-order chi connectivity index (χ0) is 14.1. The number of aliphatic hydroxyl groups is 3. The molecular weight excluding hydrogens is 265 g/mol. The van der Waals surface area contributed by atoms with Crippen molar-refractivity contribution in [2.24, 2.45) is 5.73 Å². The topological polar surface area (TPSA) is 142 Å². The molecule has 0 bridgehead atoms. The lowest BCUT2D eigenvalue weighted by atomic mass is 9.98. The fourth-order valence-electron chi connectivity index (χ4n) is 1.47. The third kappa shape index (κ3) is 3.28. The van der Waals surface area contributed by atoms with E-state index < -0.39 is 50.5 Å². The van der Waals surface area contributed by atoms with Crippen molar-refractivity contribution in [3.8, 4) is 0 Å². The quantitative estimate of drug-likeness (QED) is 0.387. The fourth-order valence-corrected chi connectivity index (χ4v) is 2.20. The normalized spacial score (nSPS) is 40.8. The molecule has 0 saturated carbocycles. The van der Waals surface area contributed by atoms with E-state index in [2.05, 4.69) is 0 Å². The number of hydrogen-bond donors (Lipinski definition) is 5. The van der Waals surface area contributed by atoms with E-state index in [0.717, 1.165) is 0 Å². The average Bonchev–Trinajstić information content (AvgIpc) is 2.29. The maximum absolute atomic E-state index is 11.7. The Morgan fingerprint density at radius 3 is 2.39 bits per heavy atom. The highest BCUT2D eigenvalue weighted by atomic mass is 31.2. The van der Waals surface area contributed by atoms with Gasteiger partial charge in [0, 0.05) is 0 Å². The van der Waals surface area contributed by atoms with E-state index in [0.29, 0.717) is 0 Å². The van der Waals surface area contributed by atoms with Crippen molar-refractivity contribution in [3.05, 3.63) is 0 Å². The molecule has 1 aliphatic rings. The van der Waals surface area contributed by atoms with Gasteiger partial charge in [0.2, 0.25) is 0 Å². The highest BCUT2D eigenvalue weighted by molar-refractivity contribution is 7.53. The molecule has 8 nitrogen and oxygen atoms in total. The molecule has 1 aliphatic heterocycles. The molecule has 6 atom stereocenters. The molecular formula is C9H20NO7P. The predicted octanol–water partition coefficient (Wildman–Crippen LogP) is -1.64. The van der Waals surface area contributed by atoms with E-state index >= 15 is 0 Å². The number of aliphatic hydroxyl groups excluding tert-OH is 3. The minimum absolute atomic E-state index is 0.567. The van der Waals surface area contributed by atoms with Gasteiger partial charge in [-0.3, -0.25) is 9.09 Å². The largest absolute Gasteiger partial charge is 0.394 e. The summed E-state index contributed by atoms with van der Waals surface area (Å²) in [7, 11) is -3.93. The van der Waals surface area contributed by atoms with Gasteiger partial charge in [-0.15, -0.1) is 0 Å². The van der Waals surface area contributed by atoms with Crippen LogP contribution in [0.3, 0.4) is 0 Å². The Kier molecular flexibility index (Phi) is 5.28. The maximum Gasteiger partial charge on any atom is 0.332 e. The highest BCUT2D eigenvalue weighted by Gasteiger charge is 2.45. The van der Waals surface area contributed by atoms with Gasteiger partial charge in [-0.25, -0.2) is 0 Å². The summed E-state index contributed by atoms with van der Waals surface area (Å²) < 4.78 is 21.7. The fraction of sp³-hybridized carbons (Fsp3) is 1.00. The Bertz CT molecular complexity index is 324. The molecule has 1 saturated heterocycles. The molecule has 3 unspecified atom stereocenters. The second-order valence-electron chi connectivity index (χ2n) is 4.55. The van der Waals surface area contributed by atoms with Crippen LogP contribution in [0.1, 0.15) is 13.8 Å². The van der Waals surface area contributed by atoms with Gasteiger partial charge in [0.1, 0.15) is 18.3 Å². The van der Waals surface area contributed by atoms with Crippen LogP contribution >= 0.6 is 7.60 Å². The third-order valence-corrected chi connectivity index (χ3v) is 4.65. The molecule has 6 N–H and O–H groups in total. The van der Waals surface area contributed by atoms with Crippen molar-refractivity contribution in [2.45, 2.75) is 50.2 Å². The summed E-state index contributed by atoms with van der Waals surface area (Å²) >= 11 is 0. The van der Waals surface area contributed by atoms with Gasteiger partial charge in [0.05, 0.1) is 18.3 Å². The van der Waals surface area contributed by atoms with Gasteiger partial charge in [0.25, 0.3) is 0 Å². The Hall–Kier alpha value is -0.0500. The molecule has 0 aromatic rings. The van der Waals surface area contributed by atoms with Gasteiger partial charge in [-0.05, 0) is 0 Å². The molecule has 0 aliphatic carbocycles. The van der Waals surface area contributed by atoms with Gasteiger partial charge >= 0.3 is 7.60 Å². The van der Waals surface area contributed by atoms with Crippen LogP contribution in [-0.2, 0) is 13.8 Å². The number of hydrogen-bond acceptors (Lipinski definition) is 7. The molecule has 0 radical (unpaired) electrons. The van der Waals surface area contributed by atoms with Crippen molar-refractivity contribution in [3.63, 3.8) is 0 Å². The van der Waals surface area contributed by atoms with Gasteiger partial charge in [-0.1, -0.05) is 13.8 Å². The van der Waals surface area contributed by atoms with Gasteiger partial charge in [-0.2, -0.15) is 0 Å². The summed E-state index contributed by atoms with van der Waals surface area (Å²) in [5.74, 6) is 0. The highest BCUT2D eigenvalue weighted by Crippen LogP contribution is 2.49. The predicted molar refractivity (Wildman–Crippen MR) is 61.8 cm³/mol. The summed E-state index contributed by atoms with van der Waals surface area (Å²) in [6, 6.07) is -1.18. The Labute approximate surface area is 105 Å². The van der Waals surface area contributed by atoms with E-state index in [1.165, 1.54) is 13.8 Å². The summed E-state index contributed by atoms with van der Waals surface area (Å²) in [5.41, 5.74) is 4.90. The summed E-state index contributed by atoms with van der Waals surface area (Å²) in [6.45, 7) is 2.41. The smallest absolute Gasteiger partial charge is 0.332 e. The number of rotatable bonds is 4. The molecule has 18 heavy (non-hydrogen) atoms. The molecule has 1 heterocycles. The first-order chi connectivity index (χ1) is 8.20. The molecule has 0 aromatic carbocycles. The SMILES string of the molecule is CC(C)P(=O)(O)O[C@H]1OC(CO)[C@H](O)[C@H](O)C1N. The Balaban J connectivity index is 2.80. The van der Waals surface area contributed by atoms with Gasteiger partial charge < -0.3 is 30.7 Å². The average molecular weight is 285 g/mol. The van der Waals surface area contributed by atoms with Crippen LogP contribution in [0.4, 0.5) is 0 Å². The first-order valence-electron chi connectivity index (χ1n) is 5.59. The van der Waals surface area contributed by atoms with E-state index in [1.54, 1.807) is 0 Å². The molecule has 1 fully saturated rings.